The van der Waals surface area contributed by atoms with Crippen molar-refractivity contribution in [3.05, 3.63) is 48.3 Å². The van der Waals surface area contributed by atoms with Crippen LogP contribution in [0.3, 0.4) is 0 Å². The van der Waals surface area contributed by atoms with E-state index in [0.29, 0.717) is 6.54 Å². The van der Waals surface area contributed by atoms with E-state index in [1.54, 1.807) is 24.1 Å². The summed E-state index contributed by atoms with van der Waals surface area (Å²) in [5, 5.41) is 7.82. The summed E-state index contributed by atoms with van der Waals surface area (Å²) in [7, 11) is 1.64. The minimum atomic E-state index is 0.0610. The lowest BCUT2D eigenvalue weighted by Gasteiger charge is -2.23. The second-order valence-corrected chi connectivity index (χ2v) is 6.01. The van der Waals surface area contributed by atoms with E-state index in [0.717, 1.165) is 36.3 Å². The molecule has 24 heavy (non-hydrogen) atoms. The van der Waals surface area contributed by atoms with E-state index >= 15 is 0 Å². The Hall–Kier alpha value is -2.63. The molecule has 0 saturated carbocycles. The van der Waals surface area contributed by atoms with Crippen molar-refractivity contribution in [2.45, 2.75) is 32.4 Å². The molecule has 0 spiro atoms. The van der Waals surface area contributed by atoms with Crippen molar-refractivity contribution in [1.29, 1.82) is 0 Å². The zero-order valence-electron chi connectivity index (χ0n) is 14.1. The first-order chi connectivity index (χ1) is 11.7. The Bertz CT molecular complexity index is 707. The molecule has 1 saturated heterocycles. The van der Waals surface area contributed by atoms with Gasteiger partial charge in [0, 0.05) is 18.8 Å². The lowest BCUT2D eigenvalue weighted by molar-refractivity contribution is -0.127. The fourth-order valence-corrected chi connectivity index (χ4v) is 3.07. The molecule has 0 aliphatic carbocycles. The first-order valence-electron chi connectivity index (χ1n) is 8.15. The van der Waals surface area contributed by atoms with Crippen LogP contribution >= 0.6 is 0 Å². The Labute approximate surface area is 141 Å². The number of benzene rings is 1. The average molecular weight is 326 g/mol. The van der Waals surface area contributed by atoms with E-state index in [9.17, 15) is 4.79 Å². The number of nitrogens with zero attached hydrogens (tertiary/aromatic N) is 4. The standard InChI is InChI=1S/C18H22N4O2/c1-14(15-5-7-17(24-2)8-6-15)12-18(23)22-10-3-4-16(22)13-21-11-9-19-20-21/h5-9,11-12,16H,3-4,10,13H2,1-2H3/b14-12+/t16-/m0/s1. The van der Waals surface area contributed by atoms with E-state index in [4.69, 9.17) is 4.74 Å². The number of amides is 1. The number of hydrogen-bond acceptors (Lipinski definition) is 4. The summed E-state index contributed by atoms with van der Waals surface area (Å²) in [5.41, 5.74) is 1.98. The number of rotatable bonds is 5. The molecule has 1 aromatic carbocycles. The molecule has 1 aromatic heterocycles. The minimum Gasteiger partial charge on any atom is -0.497 e. The second kappa shape index (κ2) is 7.29. The molecule has 3 rings (SSSR count). The second-order valence-electron chi connectivity index (χ2n) is 6.01. The first-order valence-corrected chi connectivity index (χ1v) is 8.15. The maximum atomic E-state index is 12.7. The van der Waals surface area contributed by atoms with Gasteiger partial charge in [-0.3, -0.25) is 9.48 Å². The Morgan fingerprint density at radius 1 is 1.38 bits per heavy atom. The van der Waals surface area contributed by atoms with Gasteiger partial charge in [0.1, 0.15) is 5.75 Å². The molecule has 1 aliphatic heterocycles. The summed E-state index contributed by atoms with van der Waals surface area (Å²) >= 11 is 0. The Morgan fingerprint density at radius 2 is 2.17 bits per heavy atom. The van der Waals surface area contributed by atoms with Crippen LogP contribution in [-0.4, -0.2) is 45.5 Å². The number of ether oxygens (including phenoxy) is 1. The lowest BCUT2D eigenvalue weighted by atomic mass is 10.1. The van der Waals surface area contributed by atoms with Crippen molar-refractivity contribution >= 4 is 11.5 Å². The molecule has 1 aliphatic rings. The van der Waals surface area contributed by atoms with Gasteiger partial charge in [0.05, 0.1) is 25.9 Å². The summed E-state index contributed by atoms with van der Waals surface area (Å²) < 4.78 is 6.96. The number of hydrogen-bond donors (Lipinski definition) is 0. The smallest absolute Gasteiger partial charge is 0.247 e. The van der Waals surface area contributed by atoms with E-state index in [-0.39, 0.29) is 11.9 Å². The van der Waals surface area contributed by atoms with Crippen LogP contribution in [0.5, 0.6) is 5.75 Å². The van der Waals surface area contributed by atoms with Gasteiger partial charge in [-0.15, -0.1) is 5.10 Å². The molecule has 1 atom stereocenters. The SMILES string of the molecule is COc1ccc(/C(C)=C/C(=O)N2CCC[C@H]2Cn2ccnn2)cc1. The molecule has 6 heteroatoms. The molecular weight excluding hydrogens is 304 g/mol. The number of methoxy groups -OCH3 is 1. The highest BCUT2D eigenvalue weighted by molar-refractivity contribution is 5.95. The fraction of sp³-hybridized carbons (Fsp3) is 0.389. The number of carbonyl (C=O) groups excluding carboxylic acids is 1. The topological polar surface area (TPSA) is 60.2 Å². The van der Waals surface area contributed by atoms with Gasteiger partial charge < -0.3 is 9.64 Å². The van der Waals surface area contributed by atoms with Crippen molar-refractivity contribution in [2.24, 2.45) is 0 Å². The Balaban J connectivity index is 1.69. The summed E-state index contributed by atoms with van der Waals surface area (Å²) in [4.78, 5) is 14.6. The zero-order valence-corrected chi connectivity index (χ0v) is 14.1. The predicted octanol–water partition coefficient (Wildman–Crippen LogP) is 2.38. The third-order valence-electron chi connectivity index (χ3n) is 4.42. The van der Waals surface area contributed by atoms with Gasteiger partial charge in [-0.1, -0.05) is 17.3 Å². The largest absolute Gasteiger partial charge is 0.497 e. The predicted molar refractivity (Wildman–Crippen MR) is 91.4 cm³/mol. The van der Waals surface area contributed by atoms with Crippen LogP contribution in [0.4, 0.5) is 0 Å². The zero-order chi connectivity index (χ0) is 16.9. The van der Waals surface area contributed by atoms with E-state index in [1.165, 1.54) is 0 Å². The van der Waals surface area contributed by atoms with Crippen molar-refractivity contribution in [1.82, 2.24) is 19.9 Å². The normalized spacial score (nSPS) is 18.0. The molecule has 0 radical (unpaired) electrons. The highest BCUT2D eigenvalue weighted by Gasteiger charge is 2.28. The van der Waals surface area contributed by atoms with Crippen molar-refractivity contribution in [3.8, 4) is 5.75 Å². The third-order valence-corrected chi connectivity index (χ3v) is 4.42. The highest BCUT2D eigenvalue weighted by atomic mass is 16.5. The van der Waals surface area contributed by atoms with E-state index in [1.807, 2.05) is 42.3 Å². The van der Waals surface area contributed by atoms with Crippen molar-refractivity contribution in [2.75, 3.05) is 13.7 Å². The Morgan fingerprint density at radius 3 is 2.83 bits per heavy atom. The van der Waals surface area contributed by atoms with Gasteiger partial charge in [-0.2, -0.15) is 0 Å². The average Bonchev–Trinajstić information content (AvgIpc) is 3.27. The molecular formula is C18H22N4O2. The van der Waals surface area contributed by atoms with Crippen LogP contribution < -0.4 is 4.74 Å². The monoisotopic (exact) mass is 326 g/mol. The van der Waals surface area contributed by atoms with Crippen LogP contribution in [0.1, 0.15) is 25.3 Å². The fourth-order valence-electron chi connectivity index (χ4n) is 3.07. The molecule has 1 fully saturated rings. The molecule has 126 valence electrons. The van der Waals surface area contributed by atoms with Gasteiger partial charge in [-0.25, -0.2) is 0 Å². The van der Waals surface area contributed by atoms with E-state index in [2.05, 4.69) is 10.3 Å². The highest BCUT2D eigenvalue weighted by Crippen LogP contribution is 2.22. The van der Waals surface area contributed by atoms with Crippen LogP contribution in [0.15, 0.2) is 42.7 Å². The molecule has 0 N–H and O–H groups in total. The summed E-state index contributed by atoms with van der Waals surface area (Å²) in [5.74, 6) is 0.872. The molecule has 1 amide bonds. The number of aromatic nitrogens is 3. The van der Waals surface area contributed by atoms with Gasteiger partial charge in [0.15, 0.2) is 0 Å². The van der Waals surface area contributed by atoms with Crippen LogP contribution in [0.25, 0.3) is 5.57 Å². The first kappa shape index (κ1) is 16.2. The summed E-state index contributed by atoms with van der Waals surface area (Å²) in [6, 6.07) is 7.92. The van der Waals surface area contributed by atoms with Gasteiger partial charge >= 0.3 is 0 Å². The molecule has 6 nitrogen and oxygen atoms in total. The number of carbonyl (C=O) groups is 1. The maximum absolute atomic E-state index is 12.7. The molecule has 2 heterocycles. The third kappa shape index (κ3) is 3.64. The molecule has 2 aromatic rings. The van der Waals surface area contributed by atoms with Gasteiger partial charge in [0.2, 0.25) is 5.91 Å². The summed E-state index contributed by atoms with van der Waals surface area (Å²) in [6.07, 6.45) is 7.25. The molecule has 0 unspecified atom stereocenters. The van der Waals surface area contributed by atoms with Crippen LogP contribution in [0.2, 0.25) is 0 Å². The Kier molecular flexibility index (Phi) is 4.93. The number of likely N-dealkylation sites (tertiary alicyclic amines) is 1. The van der Waals surface area contributed by atoms with Crippen LogP contribution in [0, 0.1) is 0 Å². The quantitative estimate of drug-likeness (QED) is 0.792. The van der Waals surface area contributed by atoms with Crippen molar-refractivity contribution in [3.63, 3.8) is 0 Å². The van der Waals surface area contributed by atoms with Crippen LogP contribution in [-0.2, 0) is 11.3 Å². The van der Waals surface area contributed by atoms with Crippen molar-refractivity contribution < 1.29 is 9.53 Å². The summed E-state index contributed by atoms with van der Waals surface area (Å²) in [6.45, 7) is 3.45. The molecule has 0 bridgehead atoms. The number of allylic oxidation sites excluding steroid dienone is 1. The minimum absolute atomic E-state index is 0.0610. The van der Waals surface area contributed by atoms with E-state index < -0.39 is 0 Å². The van der Waals surface area contributed by atoms with Gasteiger partial charge in [-0.05, 0) is 43.0 Å². The van der Waals surface area contributed by atoms with Gasteiger partial charge in [0.25, 0.3) is 0 Å². The lowest BCUT2D eigenvalue weighted by Crippen LogP contribution is -2.37. The maximum Gasteiger partial charge on any atom is 0.247 e.